The number of nitrogens with one attached hydrogen (secondary N) is 1. The number of amides is 1. The molecule has 1 unspecified atom stereocenters. The van der Waals surface area contributed by atoms with Crippen molar-refractivity contribution in [3.63, 3.8) is 0 Å². The van der Waals surface area contributed by atoms with E-state index in [1.54, 1.807) is 10.9 Å². The minimum Gasteiger partial charge on any atom is -0.490 e. The zero-order chi connectivity index (χ0) is 17.5. The van der Waals surface area contributed by atoms with E-state index >= 15 is 0 Å². The summed E-state index contributed by atoms with van der Waals surface area (Å²) in [5, 5.41) is 16.5. The number of aliphatic hydroxyl groups excluding tert-OH is 1. The van der Waals surface area contributed by atoms with E-state index in [9.17, 15) is 4.79 Å². The summed E-state index contributed by atoms with van der Waals surface area (Å²) in [6.45, 7) is 6.36. The lowest BCUT2D eigenvalue weighted by molar-refractivity contribution is 0.0907. The predicted octanol–water partition coefficient (Wildman–Crippen LogP) is 2.41. The van der Waals surface area contributed by atoms with Crippen LogP contribution in [0.5, 0.6) is 5.75 Å². The van der Waals surface area contributed by atoms with Crippen molar-refractivity contribution < 1.29 is 14.6 Å². The zero-order valence-electron chi connectivity index (χ0n) is 14.4. The maximum atomic E-state index is 12.6. The Morgan fingerprint density at radius 1 is 1.33 bits per heavy atom. The fourth-order valence-corrected chi connectivity index (χ4v) is 2.44. The Hall–Kier alpha value is -2.34. The van der Waals surface area contributed by atoms with Gasteiger partial charge in [-0.1, -0.05) is 32.0 Å². The Balaban J connectivity index is 2.27. The SMILES string of the molecule is CCOc1cn(-c2ccccc2)nc1C(=O)NC(CCO)C(C)C. The second kappa shape index (κ2) is 8.49. The second-order valence-electron chi connectivity index (χ2n) is 5.89. The molecule has 130 valence electrons. The molecule has 0 aliphatic heterocycles. The van der Waals surface area contributed by atoms with Crippen molar-refractivity contribution >= 4 is 5.91 Å². The molecule has 1 aromatic carbocycles. The molecule has 2 aromatic rings. The molecule has 1 amide bonds. The first kappa shape index (κ1) is 18.0. The molecule has 1 heterocycles. The number of rotatable bonds is 8. The first-order chi connectivity index (χ1) is 11.6. The van der Waals surface area contributed by atoms with Gasteiger partial charge in [-0.3, -0.25) is 4.79 Å². The van der Waals surface area contributed by atoms with Crippen molar-refractivity contribution in [2.24, 2.45) is 5.92 Å². The summed E-state index contributed by atoms with van der Waals surface area (Å²) >= 11 is 0. The summed E-state index contributed by atoms with van der Waals surface area (Å²) in [6, 6.07) is 9.45. The average Bonchev–Trinajstić information content (AvgIpc) is 2.99. The minimum absolute atomic E-state index is 0.0277. The maximum Gasteiger partial charge on any atom is 0.275 e. The third-order valence-corrected chi connectivity index (χ3v) is 3.78. The number of hydrogen-bond donors (Lipinski definition) is 2. The van der Waals surface area contributed by atoms with Gasteiger partial charge in [-0.25, -0.2) is 4.68 Å². The number of carbonyl (C=O) groups is 1. The first-order valence-corrected chi connectivity index (χ1v) is 8.26. The van der Waals surface area contributed by atoms with E-state index < -0.39 is 0 Å². The van der Waals surface area contributed by atoms with E-state index in [4.69, 9.17) is 9.84 Å². The van der Waals surface area contributed by atoms with Crippen molar-refractivity contribution in [3.05, 3.63) is 42.2 Å². The molecule has 0 saturated carbocycles. The predicted molar refractivity (Wildman–Crippen MR) is 92.5 cm³/mol. The fraction of sp³-hybridized carbons (Fsp3) is 0.444. The van der Waals surface area contributed by atoms with Crippen molar-refractivity contribution in [3.8, 4) is 11.4 Å². The number of aliphatic hydroxyl groups is 1. The van der Waals surface area contributed by atoms with Gasteiger partial charge in [0.15, 0.2) is 11.4 Å². The molecular formula is C18H25N3O3. The van der Waals surface area contributed by atoms with Crippen LogP contribution in [0.4, 0.5) is 0 Å². The molecular weight excluding hydrogens is 306 g/mol. The molecule has 6 nitrogen and oxygen atoms in total. The lowest BCUT2D eigenvalue weighted by Gasteiger charge is -2.21. The normalized spacial score (nSPS) is 12.2. The number of nitrogens with zero attached hydrogens (tertiary/aromatic N) is 2. The maximum absolute atomic E-state index is 12.6. The van der Waals surface area contributed by atoms with E-state index in [0.29, 0.717) is 18.8 Å². The lowest BCUT2D eigenvalue weighted by atomic mass is 10.0. The molecule has 0 saturated heterocycles. The van der Waals surface area contributed by atoms with Crippen molar-refractivity contribution in [1.29, 1.82) is 0 Å². The summed E-state index contributed by atoms with van der Waals surface area (Å²) in [4.78, 5) is 12.6. The summed E-state index contributed by atoms with van der Waals surface area (Å²) < 4.78 is 7.20. The van der Waals surface area contributed by atoms with Crippen LogP contribution in [-0.4, -0.2) is 40.0 Å². The molecule has 0 bridgehead atoms. The first-order valence-electron chi connectivity index (χ1n) is 8.26. The number of benzene rings is 1. The standard InChI is InChI=1S/C18H25N3O3/c1-4-24-16-12-21(14-8-6-5-7-9-14)20-17(16)18(23)19-15(10-11-22)13(2)3/h5-9,12-13,15,22H,4,10-11H2,1-3H3,(H,19,23). The van der Waals surface area contributed by atoms with Gasteiger partial charge in [-0.2, -0.15) is 5.10 Å². The molecule has 0 spiro atoms. The van der Waals surface area contributed by atoms with Gasteiger partial charge in [-0.15, -0.1) is 0 Å². The van der Waals surface area contributed by atoms with E-state index in [2.05, 4.69) is 10.4 Å². The number of carbonyl (C=O) groups excluding carboxylic acids is 1. The van der Waals surface area contributed by atoms with Crippen LogP contribution in [0.3, 0.4) is 0 Å². The van der Waals surface area contributed by atoms with Crippen LogP contribution in [0, 0.1) is 5.92 Å². The largest absolute Gasteiger partial charge is 0.490 e. The van der Waals surface area contributed by atoms with Gasteiger partial charge in [0.05, 0.1) is 18.5 Å². The quantitative estimate of drug-likeness (QED) is 0.779. The summed E-state index contributed by atoms with van der Waals surface area (Å²) in [6.07, 6.45) is 2.22. The monoisotopic (exact) mass is 331 g/mol. The van der Waals surface area contributed by atoms with Crippen LogP contribution in [0.25, 0.3) is 5.69 Å². The smallest absolute Gasteiger partial charge is 0.275 e. The molecule has 2 N–H and O–H groups in total. The van der Waals surface area contributed by atoms with Gasteiger partial charge in [0.2, 0.25) is 0 Å². The van der Waals surface area contributed by atoms with Gasteiger partial charge < -0.3 is 15.2 Å². The molecule has 24 heavy (non-hydrogen) atoms. The van der Waals surface area contributed by atoms with Gasteiger partial charge >= 0.3 is 0 Å². The highest BCUT2D eigenvalue weighted by Gasteiger charge is 2.23. The molecule has 1 aromatic heterocycles. The molecule has 0 fully saturated rings. The number of ether oxygens (including phenoxy) is 1. The van der Waals surface area contributed by atoms with Crippen molar-refractivity contribution in [2.45, 2.75) is 33.2 Å². The molecule has 6 heteroatoms. The third kappa shape index (κ3) is 4.35. The summed E-state index contributed by atoms with van der Waals surface area (Å²) in [5.41, 5.74) is 1.11. The highest BCUT2D eigenvalue weighted by atomic mass is 16.5. The van der Waals surface area contributed by atoms with Crippen LogP contribution in [-0.2, 0) is 0 Å². The highest BCUT2D eigenvalue weighted by Crippen LogP contribution is 2.20. The van der Waals surface area contributed by atoms with Crippen LogP contribution in [0.15, 0.2) is 36.5 Å². The van der Waals surface area contributed by atoms with Crippen LogP contribution >= 0.6 is 0 Å². The van der Waals surface area contributed by atoms with Gasteiger partial charge in [0.25, 0.3) is 5.91 Å². The highest BCUT2D eigenvalue weighted by molar-refractivity contribution is 5.95. The topological polar surface area (TPSA) is 76.4 Å². The fourth-order valence-electron chi connectivity index (χ4n) is 2.44. The number of hydrogen-bond acceptors (Lipinski definition) is 4. The number of aromatic nitrogens is 2. The number of para-hydroxylation sites is 1. The van der Waals surface area contributed by atoms with E-state index in [1.165, 1.54) is 0 Å². The molecule has 1 atom stereocenters. The second-order valence-corrected chi connectivity index (χ2v) is 5.89. The molecule has 0 aliphatic carbocycles. The summed E-state index contributed by atoms with van der Waals surface area (Å²) in [5.74, 6) is 0.374. The Bertz CT molecular complexity index is 653. The lowest BCUT2D eigenvalue weighted by Crippen LogP contribution is -2.39. The molecule has 0 aliphatic rings. The summed E-state index contributed by atoms with van der Waals surface area (Å²) in [7, 11) is 0. The minimum atomic E-state index is -0.291. The Morgan fingerprint density at radius 2 is 2.04 bits per heavy atom. The van der Waals surface area contributed by atoms with Gasteiger partial charge in [0, 0.05) is 12.6 Å². The van der Waals surface area contributed by atoms with E-state index in [0.717, 1.165) is 5.69 Å². The van der Waals surface area contributed by atoms with Gasteiger partial charge in [-0.05, 0) is 31.4 Å². The van der Waals surface area contributed by atoms with Crippen molar-refractivity contribution in [1.82, 2.24) is 15.1 Å². The van der Waals surface area contributed by atoms with Crippen molar-refractivity contribution in [2.75, 3.05) is 13.2 Å². The van der Waals surface area contributed by atoms with E-state index in [-0.39, 0.29) is 30.2 Å². The van der Waals surface area contributed by atoms with E-state index in [1.807, 2.05) is 51.1 Å². The van der Waals surface area contributed by atoms with Crippen LogP contribution in [0.2, 0.25) is 0 Å². The zero-order valence-corrected chi connectivity index (χ0v) is 14.4. The third-order valence-electron chi connectivity index (χ3n) is 3.78. The molecule has 2 rings (SSSR count). The average molecular weight is 331 g/mol. The van der Waals surface area contributed by atoms with Gasteiger partial charge in [0.1, 0.15) is 0 Å². The van der Waals surface area contributed by atoms with Crippen LogP contribution < -0.4 is 10.1 Å². The Morgan fingerprint density at radius 3 is 2.62 bits per heavy atom. The molecule has 0 radical (unpaired) electrons. The Kier molecular flexibility index (Phi) is 6.37. The van der Waals surface area contributed by atoms with Crippen LogP contribution in [0.1, 0.15) is 37.7 Å². The Labute approximate surface area is 142 Å².